The zero-order valence-corrected chi connectivity index (χ0v) is 14.5. The van der Waals surface area contributed by atoms with Crippen molar-refractivity contribution in [2.75, 3.05) is 13.1 Å². The summed E-state index contributed by atoms with van der Waals surface area (Å²) in [6, 6.07) is 8.06. The predicted octanol–water partition coefficient (Wildman–Crippen LogP) is 3.52. The standard InChI is InChI=1S/C19H26N2O3/c1-15(2)20-9-7-16(8-10-20)19(22)21(13-17-5-3-11-23-17)14-18-6-4-12-24-18/h3-6,11-12,15-16H,7-10,13-14H2,1-2H3. The van der Waals surface area contributed by atoms with Crippen molar-refractivity contribution in [3.05, 3.63) is 48.3 Å². The van der Waals surface area contributed by atoms with E-state index in [9.17, 15) is 4.79 Å². The van der Waals surface area contributed by atoms with E-state index in [1.54, 1.807) is 12.5 Å². The predicted molar refractivity (Wildman–Crippen MR) is 91.1 cm³/mol. The molecular weight excluding hydrogens is 304 g/mol. The number of likely N-dealkylation sites (tertiary alicyclic amines) is 1. The maximum absolute atomic E-state index is 13.1. The van der Waals surface area contributed by atoms with Gasteiger partial charge in [0, 0.05) is 12.0 Å². The van der Waals surface area contributed by atoms with E-state index in [-0.39, 0.29) is 11.8 Å². The van der Waals surface area contributed by atoms with Crippen LogP contribution in [0.1, 0.15) is 38.2 Å². The van der Waals surface area contributed by atoms with Gasteiger partial charge in [-0.1, -0.05) is 0 Å². The lowest BCUT2D eigenvalue weighted by atomic mass is 9.94. The maximum Gasteiger partial charge on any atom is 0.226 e. The highest BCUT2D eigenvalue weighted by Gasteiger charge is 2.30. The minimum atomic E-state index is 0.0879. The van der Waals surface area contributed by atoms with Crippen LogP contribution >= 0.6 is 0 Å². The third-order valence-electron chi connectivity index (χ3n) is 4.77. The number of hydrogen-bond donors (Lipinski definition) is 0. The van der Waals surface area contributed by atoms with Crippen LogP contribution in [0.4, 0.5) is 0 Å². The van der Waals surface area contributed by atoms with Crippen molar-refractivity contribution in [1.29, 1.82) is 0 Å². The molecule has 0 bridgehead atoms. The molecule has 0 N–H and O–H groups in total. The highest BCUT2D eigenvalue weighted by atomic mass is 16.3. The largest absolute Gasteiger partial charge is 0.467 e. The Bertz CT molecular complexity index is 575. The molecule has 0 atom stereocenters. The molecule has 0 saturated carbocycles. The fraction of sp³-hybridized carbons (Fsp3) is 0.526. The molecule has 3 rings (SSSR count). The van der Waals surface area contributed by atoms with Crippen molar-refractivity contribution in [3.63, 3.8) is 0 Å². The second-order valence-electron chi connectivity index (χ2n) is 6.76. The molecular formula is C19H26N2O3. The van der Waals surface area contributed by atoms with Crippen molar-refractivity contribution < 1.29 is 13.6 Å². The first-order valence-electron chi connectivity index (χ1n) is 8.71. The first-order valence-corrected chi connectivity index (χ1v) is 8.71. The van der Waals surface area contributed by atoms with E-state index in [2.05, 4.69) is 18.7 Å². The fourth-order valence-electron chi connectivity index (χ4n) is 3.31. The monoisotopic (exact) mass is 330 g/mol. The van der Waals surface area contributed by atoms with Gasteiger partial charge in [0.05, 0.1) is 25.6 Å². The molecule has 2 aromatic heterocycles. The normalized spacial score (nSPS) is 16.6. The van der Waals surface area contributed by atoms with Crippen LogP contribution in [0.15, 0.2) is 45.6 Å². The lowest BCUT2D eigenvalue weighted by molar-refractivity contribution is -0.139. The molecule has 0 aliphatic carbocycles. The highest BCUT2D eigenvalue weighted by Crippen LogP contribution is 2.23. The first-order chi connectivity index (χ1) is 11.6. The molecule has 1 aliphatic heterocycles. The van der Waals surface area contributed by atoms with Crippen LogP contribution in [-0.2, 0) is 17.9 Å². The zero-order valence-electron chi connectivity index (χ0n) is 14.5. The summed E-state index contributed by atoms with van der Waals surface area (Å²) in [5.74, 6) is 1.89. The van der Waals surface area contributed by atoms with E-state index >= 15 is 0 Å². The molecule has 130 valence electrons. The number of carbonyl (C=O) groups is 1. The first kappa shape index (κ1) is 16.8. The second-order valence-corrected chi connectivity index (χ2v) is 6.76. The molecule has 1 amide bonds. The second kappa shape index (κ2) is 7.71. The van der Waals surface area contributed by atoms with Gasteiger partial charge in [-0.05, 0) is 64.0 Å². The van der Waals surface area contributed by atoms with Crippen LogP contribution in [0.2, 0.25) is 0 Å². The summed E-state index contributed by atoms with van der Waals surface area (Å²) >= 11 is 0. The molecule has 5 nitrogen and oxygen atoms in total. The number of amides is 1. The average Bonchev–Trinajstić information content (AvgIpc) is 3.27. The van der Waals surface area contributed by atoms with Crippen molar-refractivity contribution in [2.24, 2.45) is 5.92 Å². The summed E-state index contributed by atoms with van der Waals surface area (Å²) < 4.78 is 10.9. The number of carbonyl (C=O) groups excluding carboxylic acids is 1. The van der Waals surface area contributed by atoms with Gasteiger partial charge < -0.3 is 18.6 Å². The number of hydrogen-bond acceptors (Lipinski definition) is 4. The van der Waals surface area contributed by atoms with Gasteiger partial charge in [0.15, 0.2) is 0 Å². The van der Waals surface area contributed by atoms with E-state index in [0.29, 0.717) is 19.1 Å². The molecule has 0 unspecified atom stereocenters. The molecule has 3 heterocycles. The smallest absolute Gasteiger partial charge is 0.226 e. The van der Waals surface area contributed by atoms with Crippen LogP contribution in [-0.4, -0.2) is 34.8 Å². The number of piperidine rings is 1. The molecule has 5 heteroatoms. The molecule has 1 saturated heterocycles. The molecule has 1 fully saturated rings. The van der Waals surface area contributed by atoms with Crippen LogP contribution in [0.25, 0.3) is 0 Å². The number of furan rings is 2. The van der Waals surface area contributed by atoms with E-state index < -0.39 is 0 Å². The number of nitrogens with zero attached hydrogens (tertiary/aromatic N) is 2. The molecule has 2 aromatic rings. The minimum absolute atomic E-state index is 0.0879. The van der Waals surface area contributed by atoms with Crippen molar-refractivity contribution in [1.82, 2.24) is 9.80 Å². The van der Waals surface area contributed by atoms with Crippen LogP contribution in [0.5, 0.6) is 0 Å². The molecule has 1 aliphatic rings. The average molecular weight is 330 g/mol. The lowest BCUT2D eigenvalue weighted by Gasteiger charge is -2.35. The van der Waals surface area contributed by atoms with Gasteiger partial charge in [-0.3, -0.25) is 4.79 Å². The molecule has 0 spiro atoms. The van der Waals surface area contributed by atoms with Gasteiger partial charge in [0.1, 0.15) is 11.5 Å². The maximum atomic E-state index is 13.1. The Labute approximate surface area is 143 Å². The fourth-order valence-corrected chi connectivity index (χ4v) is 3.31. The van der Waals surface area contributed by atoms with Gasteiger partial charge >= 0.3 is 0 Å². The Morgan fingerprint density at radius 2 is 1.67 bits per heavy atom. The van der Waals surface area contributed by atoms with Crippen LogP contribution in [0, 0.1) is 5.92 Å². The van der Waals surface area contributed by atoms with Gasteiger partial charge in [-0.25, -0.2) is 0 Å². The van der Waals surface area contributed by atoms with Gasteiger partial charge in [-0.2, -0.15) is 0 Å². The van der Waals surface area contributed by atoms with E-state index in [0.717, 1.165) is 37.5 Å². The van der Waals surface area contributed by atoms with Gasteiger partial charge in [0.2, 0.25) is 5.91 Å². The quantitative estimate of drug-likeness (QED) is 0.813. The lowest BCUT2D eigenvalue weighted by Crippen LogP contribution is -2.44. The zero-order chi connectivity index (χ0) is 16.9. The third-order valence-corrected chi connectivity index (χ3v) is 4.77. The Balaban J connectivity index is 1.66. The highest BCUT2D eigenvalue weighted by molar-refractivity contribution is 5.78. The SMILES string of the molecule is CC(C)N1CCC(C(=O)N(Cc2ccco2)Cc2ccco2)CC1. The molecule has 24 heavy (non-hydrogen) atoms. The minimum Gasteiger partial charge on any atom is -0.467 e. The van der Waals surface area contributed by atoms with Crippen LogP contribution < -0.4 is 0 Å². The van der Waals surface area contributed by atoms with E-state index in [1.807, 2.05) is 29.2 Å². The van der Waals surface area contributed by atoms with Crippen LogP contribution in [0.3, 0.4) is 0 Å². The Hall–Kier alpha value is -2.01. The van der Waals surface area contributed by atoms with Crippen molar-refractivity contribution in [2.45, 2.75) is 45.8 Å². The topological polar surface area (TPSA) is 49.8 Å². The summed E-state index contributed by atoms with van der Waals surface area (Å²) in [6.07, 6.45) is 5.13. The Morgan fingerprint density at radius 1 is 1.12 bits per heavy atom. The van der Waals surface area contributed by atoms with Gasteiger partial charge in [0.25, 0.3) is 0 Å². The van der Waals surface area contributed by atoms with Crippen molar-refractivity contribution in [3.8, 4) is 0 Å². The summed E-state index contributed by atoms with van der Waals surface area (Å²) in [4.78, 5) is 17.3. The molecule has 0 aromatic carbocycles. The molecule has 0 radical (unpaired) electrons. The van der Waals surface area contributed by atoms with E-state index in [1.165, 1.54) is 0 Å². The number of rotatable bonds is 6. The van der Waals surface area contributed by atoms with E-state index in [4.69, 9.17) is 8.83 Å². The summed E-state index contributed by atoms with van der Waals surface area (Å²) in [5.41, 5.74) is 0. The van der Waals surface area contributed by atoms with Crippen molar-refractivity contribution >= 4 is 5.91 Å². The third kappa shape index (κ3) is 4.09. The Kier molecular flexibility index (Phi) is 5.41. The summed E-state index contributed by atoms with van der Waals surface area (Å²) in [7, 11) is 0. The summed E-state index contributed by atoms with van der Waals surface area (Å²) in [5, 5.41) is 0. The Morgan fingerprint density at radius 3 is 2.08 bits per heavy atom. The van der Waals surface area contributed by atoms with Gasteiger partial charge in [-0.15, -0.1) is 0 Å². The summed E-state index contributed by atoms with van der Waals surface area (Å²) in [6.45, 7) is 7.37.